The molecule has 0 spiro atoms. The summed E-state index contributed by atoms with van der Waals surface area (Å²) in [6.45, 7) is 18.6. The van der Waals surface area contributed by atoms with Gasteiger partial charge in [-0.3, -0.25) is 4.90 Å². The molecule has 21 heavy (non-hydrogen) atoms. The van der Waals surface area contributed by atoms with E-state index >= 15 is 0 Å². The molecule has 4 heteroatoms. The summed E-state index contributed by atoms with van der Waals surface area (Å²) in [6.07, 6.45) is 0.592. The molecule has 0 aliphatic heterocycles. The number of nitrogens with zero attached hydrogens (tertiary/aromatic N) is 1. The van der Waals surface area contributed by atoms with E-state index in [-0.39, 0.29) is 23.9 Å². The Hall–Kier alpha value is -0.160. The fourth-order valence-electron chi connectivity index (χ4n) is 1.94. The highest BCUT2D eigenvalue weighted by molar-refractivity contribution is 4.92. The van der Waals surface area contributed by atoms with E-state index in [1.807, 2.05) is 0 Å². The van der Waals surface area contributed by atoms with Crippen LogP contribution in [0.4, 0.5) is 0 Å². The molecule has 0 unspecified atom stereocenters. The molecule has 0 aromatic carbocycles. The Balaban J connectivity index is 5.14. The monoisotopic (exact) mass is 303 g/mol. The summed E-state index contributed by atoms with van der Waals surface area (Å²) in [7, 11) is 2.13. The molecular formula is C17H37NO3. The summed E-state index contributed by atoms with van der Waals surface area (Å²) < 4.78 is 17.8. The van der Waals surface area contributed by atoms with Gasteiger partial charge in [0.15, 0.2) is 0 Å². The number of hydrogen-bond donors (Lipinski definition) is 0. The minimum atomic E-state index is -0.257. The van der Waals surface area contributed by atoms with Crippen molar-refractivity contribution < 1.29 is 14.2 Å². The second-order valence-electron chi connectivity index (χ2n) is 7.01. The van der Waals surface area contributed by atoms with Gasteiger partial charge < -0.3 is 14.2 Å². The van der Waals surface area contributed by atoms with Crippen molar-refractivity contribution in [2.24, 2.45) is 0 Å². The highest BCUT2D eigenvalue weighted by Crippen LogP contribution is 2.21. The third kappa shape index (κ3) is 8.15. The maximum atomic E-state index is 5.94. The normalized spacial score (nSPS) is 13.4. The first-order chi connectivity index (χ1) is 9.60. The summed E-state index contributed by atoms with van der Waals surface area (Å²) in [5.41, 5.74) is -0.257. The van der Waals surface area contributed by atoms with Crippen LogP contribution in [0, 0.1) is 0 Å². The van der Waals surface area contributed by atoms with Crippen molar-refractivity contribution in [3.8, 4) is 0 Å². The van der Waals surface area contributed by atoms with E-state index in [1.54, 1.807) is 0 Å². The van der Waals surface area contributed by atoms with Crippen molar-refractivity contribution in [2.45, 2.75) is 85.3 Å². The fraction of sp³-hybridized carbons (Fsp3) is 1.00. The summed E-state index contributed by atoms with van der Waals surface area (Å²) in [4.78, 5) is 2.32. The first-order valence-electron chi connectivity index (χ1n) is 8.18. The molecule has 0 aliphatic carbocycles. The molecule has 0 atom stereocenters. The lowest BCUT2D eigenvalue weighted by atomic mass is 9.98. The van der Waals surface area contributed by atoms with Gasteiger partial charge in [-0.25, -0.2) is 0 Å². The summed E-state index contributed by atoms with van der Waals surface area (Å²) in [5.74, 6) is 0. The van der Waals surface area contributed by atoms with Gasteiger partial charge in [-0.15, -0.1) is 0 Å². The molecule has 128 valence electrons. The van der Waals surface area contributed by atoms with E-state index in [1.165, 1.54) is 0 Å². The molecule has 0 fully saturated rings. The zero-order valence-electron chi connectivity index (χ0n) is 15.6. The maximum Gasteiger partial charge on any atom is 0.0914 e. The van der Waals surface area contributed by atoms with Crippen molar-refractivity contribution in [2.75, 3.05) is 26.9 Å². The van der Waals surface area contributed by atoms with Gasteiger partial charge in [0.25, 0.3) is 0 Å². The Morgan fingerprint density at radius 1 is 0.667 bits per heavy atom. The SMILES string of the molecule is CC(C)OCC(COC(C)C)(COC(C)C)N(C)C(C)C. The number of hydrogen-bond acceptors (Lipinski definition) is 4. The van der Waals surface area contributed by atoms with E-state index in [4.69, 9.17) is 14.2 Å². The van der Waals surface area contributed by atoms with Crippen LogP contribution in [0.5, 0.6) is 0 Å². The second-order valence-corrected chi connectivity index (χ2v) is 7.01. The van der Waals surface area contributed by atoms with Crippen molar-refractivity contribution in [1.29, 1.82) is 0 Å². The first-order valence-corrected chi connectivity index (χ1v) is 8.18. The molecule has 0 bridgehead atoms. The van der Waals surface area contributed by atoms with E-state index < -0.39 is 0 Å². The Bertz CT molecular complexity index is 233. The summed E-state index contributed by atoms with van der Waals surface area (Å²) >= 11 is 0. The van der Waals surface area contributed by atoms with Gasteiger partial charge >= 0.3 is 0 Å². The minimum absolute atomic E-state index is 0.197. The van der Waals surface area contributed by atoms with E-state index in [0.717, 1.165) is 0 Å². The molecule has 0 aliphatic rings. The highest BCUT2D eigenvalue weighted by Gasteiger charge is 2.38. The molecule has 0 amide bonds. The minimum Gasteiger partial charge on any atom is -0.377 e. The van der Waals surface area contributed by atoms with Gasteiger partial charge in [0.2, 0.25) is 0 Å². The zero-order valence-corrected chi connectivity index (χ0v) is 15.6. The molecule has 0 saturated heterocycles. The van der Waals surface area contributed by atoms with Gasteiger partial charge in [0, 0.05) is 6.04 Å². The van der Waals surface area contributed by atoms with Gasteiger partial charge in [-0.1, -0.05) is 0 Å². The van der Waals surface area contributed by atoms with E-state index in [2.05, 4.69) is 67.3 Å². The third-order valence-corrected chi connectivity index (χ3v) is 3.58. The molecule has 0 aromatic heterocycles. The van der Waals surface area contributed by atoms with Crippen LogP contribution in [0.1, 0.15) is 55.4 Å². The fourth-order valence-corrected chi connectivity index (χ4v) is 1.94. The van der Waals surface area contributed by atoms with E-state index in [9.17, 15) is 0 Å². The molecule has 0 aromatic rings. The topological polar surface area (TPSA) is 30.9 Å². The van der Waals surface area contributed by atoms with E-state index in [0.29, 0.717) is 25.9 Å². The van der Waals surface area contributed by atoms with Crippen LogP contribution < -0.4 is 0 Å². The lowest BCUT2D eigenvalue weighted by Crippen LogP contribution is -2.60. The van der Waals surface area contributed by atoms with Crippen molar-refractivity contribution in [3.63, 3.8) is 0 Å². The van der Waals surface area contributed by atoms with Crippen LogP contribution in [0.15, 0.2) is 0 Å². The molecule has 0 saturated carbocycles. The zero-order chi connectivity index (χ0) is 16.6. The quantitative estimate of drug-likeness (QED) is 0.586. The van der Waals surface area contributed by atoms with Crippen molar-refractivity contribution >= 4 is 0 Å². The lowest BCUT2D eigenvalue weighted by molar-refractivity contribution is -0.124. The van der Waals surface area contributed by atoms with Gasteiger partial charge in [-0.05, 0) is 62.4 Å². The smallest absolute Gasteiger partial charge is 0.0914 e. The molecule has 0 N–H and O–H groups in total. The van der Waals surface area contributed by atoms with Gasteiger partial charge in [-0.2, -0.15) is 0 Å². The van der Waals surface area contributed by atoms with Crippen LogP contribution in [-0.4, -0.2) is 61.7 Å². The van der Waals surface area contributed by atoms with Crippen molar-refractivity contribution in [1.82, 2.24) is 4.90 Å². The predicted molar refractivity (Wildman–Crippen MR) is 88.9 cm³/mol. The number of rotatable bonds is 11. The van der Waals surface area contributed by atoms with Crippen LogP contribution in [0.3, 0.4) is 0 Å². The number of ether oxygens (including phenoxy) is 3. The average Bonchev–Trinajstić information content (AvgIpc) is 2.36. The highest BCUT2D eigenvalue weighted by atomic mass is 16.5. The average molecular weight is 303 g/mol. The molecule has 4 nitrogen and oxygen atoms in total. The Kier molecular flexibility index (Phi) is 9.70. The Labute approximate surface area is 132 Å². The molecule has 0 radical (unpaired) electrons. The molecule has 0 rings (SSSR count). The number of likely N-dealkylation sites (N-methyl/N-ethyl adjacent to an activating group) is 1. The van der Waals surface area contributed by atoms with Crippen LogP contribution >= 0.6 is 0 Å². The molecule has 0 heterocycles. The lowest BCUT2D eigenvalue weighted by Gasteiger charge is -2.44. The molecular weight excluding hydrogens is 266 g/mol. The Morgan fingerprint density at radius 3 is 1.14 bits per heavy atom. The second kappa shape index (κ2) is 9.78. The summed E-state index contributed by atoms with van der Waals surface area (Å²) in [6, 6.07) is 0.396. The third-order valence-electron chi connectivity index (χ3n) is 3.58. The van der Waals surface area contributed by atoms with Crippen molar-refractivity contribution in [3.05, 3.63) is 0 Å². The first kappa shape index (κ1) is 20.8. The standard InChI is InChI=1S/C17H37NO3/c1-13(2)18(9)17(10-19-14(3)4,11-20-15(5)6)12-21-16(7)8/h13-16H,10-12H2,1-9H3. The predicted octanol–water partition coefficient (Wildman–Crippen LogP) is 3.34. The Morgan fingerprint density at radius 2 is 0.952 bits per heavy atom. The van der Waals surface area contributed by atoms with Crippen LogP contribution in [0.2, 0.25) is 0 Å². The summed E-state index contributed by atoms with van der Waals surface area (Å²) in [5, 5.41) is 0. The van der Waals surface area contributed by atoms with Crippen LogP contribution in [0.25, 0.3) is 0 Å². The van der Waals surface area contributed by atoms with Crippen LogP contribution in [-0.2, 0) is 14.2 Å². The maximum absolute atomic E-state index is 5.94. The largest absolute Gasteiger partial charge is 0.377 e. The van der Waals surface area contributed by atoms with Gasteiger partial charge in [0.05, 0.1) is 43.7 Å². The van der Waals surface area contributed by atoms with Gasteiger partial charge in [0.1, 0.15) is 0 Å².